The van der Waals surface area contributed by atoms with Crippen LogP contribution in [-0.4, -0.2) is 24.8 Å². The number of hydrogen-bond acceptors (Lipinski definition) is 3. The summed E-state index contributed by atoms with van der Waals surface area (Å²) in [4.78, 5) is 23.1. The largest absolute Gasteiger partial charge is 0.371 e. The molecule has 4 rings (SSSR count). The summed E-state index contributed by atoms with van der Waals surface area (Å²) in [6.45, 7) is 5.05. The number of aldehydes is 1. The molecule has 0 aromatic rings. The second-order valence-electron chi connectivity index (χ2n) is 9.47. The maximum absolute atomic E-state index is 12.5. The fourth-order valence-corrected chi connectivity index (χ4v) is 7.32. The first-order chi connectivity index (χ1) is 11.5. The molecule has 134 valence electrons. The fourth-order valence-electron chi connectivity index (χ4n) is 7.32. The van der Waals surface area contributed by atoms with Crippen LogP contribution >= 0.6 is 0 Å². The molecule has 0 amide bonds. The molecule has 7 atom stereocenters. The number of fused-ring (bicyclic) bond motifs is 5. The van der Waals surface area contributed by atoms with E-state index in [1.165, 1.54) is 25.7 Å². The number of carbonyl (C=O) groups is 2. The van der Waals surface area contributed by atoms with Gasteiger partial charge < -0.3 is 9.53 Å². The van der Waals surface area contributed by atoms with E-state index in [9.17, 15) is 9.59 Å². The molecular formula is C21H32O3. The molecule has 4 fully saturated rings. The van der Waals surface area contributed by atoms with Gasteiger partial charge in [0.1, 0.15) is 18.7 Å². The lowest BCUT2D eigenvalue weighted by atomic mass is 9.45. The molecule has 4 saturated carbocycles. The Hall–Kier alpha value is -0.700. The van der Waals surface area contributed by atoms with Crippen molar-refractivity contribution in [3.8, 4) is 0 Å². The molecule has 3 heteroatoms. The first-order valence-corrected chi connectivity index (χ1v) is 10.1. The van der Waals surface area contributed by atoms with Crippen LogP contribution in [0.15, 0.2) is 0 Å². The van der Waals surface area contributed by atoms with E-state index in [1.807, 2.05) is 0 Å². The van der Waals surface area contributed by atoms with E-state index in [1.54, 1.807) is 0 Å². The first-order valence-electron chi connectivity index (χ1n) is 10.1. The second kappa shape index (κ2) is 5.93. The van der Waals surface area contributed by atoms with Crippen LogP contribution in [0.25, 0.3) is 0 Å². The van der Waals surface area contributed by atoms with E-state index in [0.717, 1.165) is 56.1 Å². The first kappa shape index (κ1) is 16.8. The zero-order valence-corrected chi connectivity index (χ0v) is 15.3. The minimum Gasteiger partial charge on any atom is -0.371 e. The molecule has 0 N–H and O–H groups in total. The summed E-state index contributed by atoms with van der Waals surface area (Å²) in [6, 6.07) is 0. The van der Waals surface area contributed by atoms with Gasteiger partial charge >= 0.3 is 0 Å². The van der Waals surface area contributed by atoms with Gasteiger partial charge in [-0.15, -0.1) is 0 Å². The Bertz CT molecular complexity index is 529. The van der Waals surface area contributed by atoms with Gasteiger partial charge in [0.25, 0.3) is 0 Å². The highest BCUT2D eigenvalue weighted by atomic mass is 16.5. The number of rotatable bonds is 3. The topological polar surface area (TPSA) is 43.4 Å². The van der Waals surface area contributed by atoms with Crippen molar-refractivity contribution in [2.75, 3.05) is 6.61 Å². The lowest BCUT2D eigenvalue weighted by Gasteiger charge is -2.60. The molecule has 0 bridgehead atoms. The Kier molecular flexibility index (Phi) is 4.14. The molecule has 3 nitrogen and oxygen atoms in total. The molecule has 24 heavy (non-hydrogen) atoms. The van der Waals surface area contributed by atoms with Crippen LogP contribution in [0.2, 0.25) is 0 Å². The monoisotopic (exact) mass is 332 g/mol. The summed E-state index contributed by atoms with van der Waals surface area (Å²) < 4.78 is 5.75. The molecule has 0 radical (unpaired) electrons. The van der Waals surface area contributed by atoms with Crippen molar-refractivity contribution in [1.82, 2.24) is 0 Å². The number of carbonyl (C=O) groups excluding carboxylic acids is 2. The molecule has 4 aliphatic rings. The zero-order valence-electron chi connectivity index (χ0n) is 15.3. The predicted octanol–water partition coefficient (Wildman–Crippen LogP) is 4.18. The van der Waals surface area contributed by atoms with E-state index in [-0.39, 0.29) is 18.1 Å². The van der Waals surface area contributed by atoms with Crippen LogP contribution in [0, 0.1) is 34.5 Å². The van der Waals surface area contributed by atoms with Crippen LogP contribution < -0.4 is 0 Å². The Balaban J connectivity index is 1.52. The highest BCUT2D eigenvalue weighted by molar-refractivity contribution is 5.87. The third kappa shape index (κ3) is 2.34. The summed E-state index contributed by atoms with van der Waals surface area (Å²) in [5.74, 6) is 3.50. The molecule has 4 aliphatic carbocycles. The van der Waals surface area contributed by atoms with Gasteiger partial charge in [-0.05, 0) is 80.5 Å². The van der Waals surface area contributed by atoms with Crippen molar-refractivity contribution < 1.29 is 14.3 Å². The van der Waals surface area contributed by atoms with Crippen LogP contribution in [0.4, 0.5) is 0 Å². The normalized spacial score (nSPS) is 50.8. The average molecular weight is 332 g/mol. The van der Waals surface area contributed by atoms with Gasteiger partial charge in [0, 0.05) is 11.8 Å². The van der Waals surface area contributed by atoms with Crippen molar-refractivity contribution in [3.05, 3.63) is 0 Å². The molecular weight excluding hydrogens is 300 g/mol. The maximum atomic E-state index is 12.5. The average Bonchev–Trinajstić information content (AvgIpc) is 2.88. The van der Waals surface area contributed by atoms with Crippen molar-refractivity contribution in [3.63, 3.8) is 0 Å². The molecule has 2 unspecified atom stereocenters. The number of hydrogen-bond donors (Lipinski definition) is 0. The Labute approximate surface area is 145 Å². The van der Waals surface area contributed by atoms with Crippen molar-refractivity contribution in [1.29, 1.82) is 0 Å². The SMILES string of the molecule is C[C@]12CCC(OCC=O)CC1CC[C@@H]1[C@H]2CC[C@]2(C)C(=O)CC[C@@H]12. The molecule has 0 spiro atoms. The van der Waals surface area contributed by atoms with Gasteiger partial charge in [0.05, 0.1) is 6.10 Å². The highest BCUT2D eigenvalue weighted by Gasteiger charge is 2.60. The van der Waals surface area contributed by atoms with Gasteiger partial charge in [0.2, 0.25) is 0 Å². The van der Waals surface area contributed by atoms with E-state index >= 15 is 0 Å². The van der Waals surface area contributed by atoms with Crippen LogP contribution in [0.5, 0.6) is 0 Å². The molecule has 0 saturated heterocycles. The highest BCUT2D eigenvalue weighted by Crippen LogP contribution is 2.65. The van der Waals surface area contributed by atoms with Gasteiger partial charge in [-0.3, -0.25) is 4.79 Å². The summed E-state index contributed by atoms with van der Waals surface area (Å²) in [6.07, 6.45) is 11.6. The van der Waals surface area contributed by atoms with Gasteiger partial charge in [-0.25, -0.2) is 0 Å². The van der Waals surface area contributed by atoms with E-state index in [0.29, 0.717) is 17.1 Å². The van der Waals surface area contributed by atoms with Gasteiger partial charge in [0.15, 0.2) is 0 Å². The van der Waals surface area contributed by atoms with E-state index in [4.69, 9.17) is 4.74 Å². The summed E-state index contributed by atoms with van der Waals surface area (Å²) in [5, 5.41) is 0. The second-order valence-corrected chi connectivity index (χ2v) is 9.47. The van der Waals surface area contributed by atoms with Crippen molar-refractivity contribution in [2.24, 2.45) is 34.5 Å². The summed E-state index contributed by atoms with van der Waals surface area (Å²) >= 11 is 0. The molecule has 0 aliphatic heterocycles. The number of Topliss-reactive ketones (excluding diaryl/α,β-unsaturated/α-hetero) is 1. The standard InChI is InChI=1S/C21H32O3/c1-20-9-7-15(24-12-11-22)13-14(20)3-4-16-17-5-6-19(23)21(17,2)10-8-18(16)20/h11,14-18H,3-10,12-13H2,1-2H3/t14?,15?,16-,17-,18+,20-,21-/m0/s1. The minimum atomic E-state index is -0.00532. The quantitative estimate of drug-likeness (QED) is 0.728. The van der Waals surface area contributed by atoms with E-state index < -0.39 is 0 Å². The molecule has 0 heterocycles. The van der Waals surface area contributed by atoms with Gasteiger partial charge in [-0.1, -0.05) is 13.8 Å². The van der Waals surface area contributed by atoms with Crippen molar-refractivity contribution in [2.45, 2.75) is 77.7 Å². The minimum absolute atomic E-state index is 0.00532. The smallest absolute Gasteiger partial charge is 0.145 e. The summed E-state index contributed by atoms with van der Waals surface area (Å²) in [7, 11) is 0. The lowest BCUT2D eigenvalue weighted by Crippen LogP contribution is -2.54. The Morgan fingerprint density at radius 1 is 1.08 bits per heavy atom. The number of ketones is 1. The molecule has 0 aromatic carbocycles. The third-order valence-electron chi connectivity index (χ3n) is 8.73. The van der Waals surface area contributed by atoms with Crippen molar-refractivity contribution >= 4 is 12.1 Å². The predicted molar refractivity (Wildman–Crippen MR) is 92.5 cm³/mol. The Morgan fingerprint density at radius 2 is 1.92 bits per heavy atom. The van der Waals surface area contributed by atoms with E-state index in [2.05, 4.69) is 13.8 Å². The van der Waals surface area contributed by atoms with Crippen LogP contribution in [0.3, 0.4) is 0 Å². The van der Waals surface area contributed by atoms with Crippen LogP contribution in [0.1, 0.15) is 71.6 Å². The van der Waals surface area contributed by atoms with Crippen LogP contribution in [-0.2, 0) is 14.3 Å². The lowest BCUT2D eigenvalue weighted by molar-refractivity contribution is -0.146. The third-order valence-corrected chi connectivity index (χ3v) is 8.73. The Morgan fingerprint density at radius 3 is 2.71 bits per heavy atom. The van der Waals surface area contributed by atoms with Gasteiger partial charge in [-0.2, -0.15) is 0 Å². The zero-order chi connectivity index (χ0) is 16.9. The maximum Gasteiger partial charge on any atom is 0.145 e. The number of ether oxygens (including phenoxy) is 1. The molecule has 0 aromatic heterocycles. The fraction of sp³-hybridized carbons (Fsp3) is 0.905. The summed E-state index contributed by atoms with van der Waals surface area (Å²) in [5.41, 5.74) is 0.422.